The third-order valence-corrected chi connectivity index (χ3v) is 7.36. The predicted octanol–water partition coefficient (Wildman–Crippen LogP) is 2.22. The largest absolute Gasteiger partial charge is 0.315 e. The van der Waals surface area contributed by atoms with Crippen LogP contribution in [0.25, 0.3) is 0 Å². The lowest BCUT2D eigenvalue weighted by atomic mass is 9.94. The first kappa shape index (κ1) is 19.2. The standard InChI is InChI=1S/C16H24N6O2S2/c1-4-15-19-20-16(25-15)18-14-7-5-6-13(17-14)12-8-10-22(11-9-12)26(23,24)21(2)3/h5-7,12H,4,8-11H2,1-3H3,(H,17,18,20). The Bertz CT molecular complexity index is 844. The molecule has 1 N–H and O–H groups in total. The fraction of sp³-hybridized carbons (Fsp3) is 0.562. The Hall–Kier alpha value is -1.62. The van der Waals surface area contributed by atoms with Crippen LogP contribution in [-0.4, -0.2) is 59.4 Å². The monoisotopic (exact) mass is 396 g/mol. The first-order valence-corrected chi connectivity index (χ1v) is 10.9. The van der Waals surface area contributed by atoms with Gasteiger partial charge in [-0.05, 0) is 31.4 Å². The number of aryl methyl sites for hydroxylation is 1. The molecular formula is C16H24N6O2S2. The third-order valence-electron chi connectivity index (χ3n) is 4.43. The summed E-state index contributed by atoms with van der Waals surface area (Å²) in [6.07, 6.45) is 2.39. The molecule has 0 radical (unpaired) electrons. The molecule has 1 aliphatic rings. The van der Waals surface area contributed by atoms with E-state index in [9.17, 15) is 8.42 Å². The highest BCUT2D eigenvalue weighted by Crippen LogP contribution is 2.29. The SMILES string of the molecule is CCc1nnc(Nc2cccc(C3CCN(S(=O)(=O)N(C)C)CC3)n2)s1. The molecule has 1 aliphatic heterocycles. The Labute approximate surface area is 158 Å². The molecule has 1 saturated heterocycles. The molecule has 2 aromatic rings. The summed E-state index contributed by atoms with van der Waals surface area (Å²) in [4.78, 5) is 4.70. The highest BCUT2D eigenvalue weighted by molar-refractivity contribution is 7.86. The molecular weight excluding hydrogens is 372 g/mol. The van der Waals surface area contributed by atoms with E-state index in [-0.39, 0.29) is 5.92 Å². The zero-order valence-corrected chi connectivity index (χ0v) is 16.8. The van der Waals surface area contributed by atoms with Crippen LogP contribution in [0.2, 0.25) is 0 Å². The van der Waals surface area contributed by atoms with Crippen LogP contribution in [0.3, 0.4) is 0 Å². The normalized spacial score (nSPS) is 16.9. The van der Waals surface area contributed by atoms with E-state index in [0.29, 0.717) is 13.1 Å². The number of nitrogens with zero attached hydrogens (tertiary/aromatic N) is 5. The second kappa shape index (κ2) is 7.95. The van der Waals surface area contributed by atoms with Crippen molar-refractivity contribution in [3.63, 3.8) is 0 Å². The average molecular weight is 397 g/mol. The number of nitrogens with one attached hydrogen (secondary N) is 1. The highest BCUT2D eigenvalue weighted by Gasteiger charge is 2.30. The Kier molecular flexibility index (Phi) is 5.86. The molecule has 0 saturated carbocycles. The van der Waals surface area contributed by atoms with E-state index in [0.717, 1.165) is 40.9 Å². The summed E-state index contributed by atoms with van der Waals surface area (Å²) in [6, 6.07) is 5.88. The molecule has 0 spiro atoms. The quantitative estimate of drug-likeness (QED) is 0.805. The first-order valence-electron chi connectivity index (χ1n) is 8.64. The van der Waals surface area contributed by atoms with Gasteiger partial charge in [-0.3, -0.25) is 0 Å². The van der Waals surface area contributed by atoms with Crippen LogP contribution < -0.4 is 5.32 Å². The van der Waals surface area contributed by atoms with E-state index in [1.165, 1.54) is 15.6 Å². The van der Waals surface area contributed by atoms with Crippen LogP contribution >= 0.6 is 11.3 Å². The molecule has 0 amide bonds. The lowest BCUT2D eigenvalue weighted by molar-refractivity contribution is 0.300. The zero-order chi connectivity index (χ0) is 18.7. The number of anilines is 2. The maximum atomic E-state index is 12.2. The Balaban J connectivity index is 1.66. The number of pyridine rings is 1. The van der Waals surface area contributed by atoms with Crippen molar-refractivity contribution in [1.29, 1.82) is 0 Å². The summed E-state index contributed by atoms with van der Waals surface area (Å²) in [6.45, 7) is 3.08. The van der Waals surface area contributed by atoms with Gasteiger partial charge in [0.1, 0.15) is 10.8 Å². The van der Waals surface area contributed by atoms with Crippen molar-refractivity contribution < 1.29 is 8.42 Å². The van der Waals surface area contributed by atoms with Gasteiger partial charge in [0, 0.05) is 38.8 Å². The van der Waals surface area contributed by atoms with Crippen LogP contribution in [0.4, 0.5) is 10.9 Å². The van der Waals surface area contributed by atoms with E-state index < -0.39 is 10.2 Å². The van der Waals surface area contributed by atoms with Crippen molar-refractivity contribution in [2.45, 2.75) is 32.1 Å². The molecule has 142 valence electrons. The van der Waals surface area contributed by atoms with Gasteiger partial charge in [0.15, 0.2) is 0 Å². The minimum Gasteiger partial charge on any atom is -0.315 e. The summed E-state index contributed by atoms with van der Waals surface area (Å²) >= 11 is 1.52. The molecule has 10 heteroatoms. The molecule has 26 heavy (non-hydrogen) atoms. The van der Waals surface area contributed by atoms with Gasteiger partial charge >= 0.3 is 0 Å². The molecule has 0 atom stereocenters. The molecule has 0 unspecified atom stereocenters. The van der Waals surface area contributed by atoms with Crippen molar-refractivity contribution in [2.75, 3.05) is 32.5 Å². The Morgan fingerprint density at radius 3 is 2.62 bits per heavy atom. The maximum absolute atomic E-state index is 12.2. The molecule has 0 aliphatic carbocycles. The van der Waals surface area contributed by atoms with E-state index >= 15 is 0 Å². The molecule has 2 aromatic heterocycles. The van der Waals surface area contributed by atoms with Gasteiger partial charge in [0.25, 0.3) is 10.2 Å². The Morgan fingerprint density at radius 1 is 1.27 bits per heavy atom. The highest BCUT2D eigenvalue weighted by atomic mass is 32.2. The first-order chi connectivity index (χ1) is 12.4. The van der Waals surface area contributed by atoms with Gasteiger partial charge in [-0.1, -0.05) is 24.3 Å². The maximum Gasteiger partial charge on any atom is 0.281 e. The smallest absolute Gasteiger partial charge is 0.281 e. The topological polar surface area (TPSA) is 91.3 Å². The molecule has 3 rings (SSSR count). The van der Waals surface area contributed by atoms with Gasteiger partial charge in [-0.15, -0.1) is 10.2 Å². The fourth-order valence-corrected chi connectivity index (χ4v) is 4.74. The van der Waals surface area contributed by atoms with Crippen LogP contribution in [0.5, 0.6) is 0 Å². The van der Waals surface area contributed by atoms with Crippen LogP contribution in [0.1, 0.15) is 36.4 Å². The van der Waals surface area contributed by atoms with Crippen LogP contribution in [-0.2, 0) is 16.6 Å². The minimum atomic E-state index is -3.33. The second-order valence-electron chi connectivity index (χ2n) is 6.39. The van der Waals surface area contributed by atoms with Gasteiger partial charge in [-0.2, -0.15) is 17.0 Å². The number of hydrogen-bond donors (Lipinski definition) is 1. The van der Waals surface area contributed by atoms with Gasteiger partial charge in [0.05, 0.1) is 0 Å². The minimum absolute atomic E-state index is 0.256. The lowest BCUT2D eigenvalue weighted by Gasteiger charge is -2.32. The van der Waals surface area contributed by atoms with Crippen molar-refractivity contribution in [2.24, 2.45) is 0 Å². The predicted molar refractivity (Wildman–Crippen MR) is 103 cm³/mol. The summed E-state index contributed by atoms with van der Waals surface area (Å²) in [5.74, 6) is 0.996. The third kappa shape index (κ3) is 4.20. The Morgan fingerprint density at radius 2 is 2.00 bits per heavy atom. The van der Waals surface area contributed by atoms with Gasteiger partial charge in [0.2, 0.25) is 5.13 Å². The fourth-order valence-electron chi connectivity index (χ4n) is 2.92. The van der Waals surface area contributed by atoms with Crippen molar-refractivity contribution in [3.8, 4) is 0 Å². The van der Waals surface area contributed by atoms with Crippen molar-refractivity contribution in [1.82, 2.24) is 23.8 Å². The average Bonchev–Trinajstić information content (AvgIpc) is 3.09. The second-order valence-corrected chi connectivity index (χ2v) is 9.60. The summed E-state index contributed by atoms with van der Waals surface area (Å²) in [5, 5.41) is 13.1. The summed E-state index contributed by atoms with van der Waals surface area (Å²) in [5.41, 5.74) is 0.983. The van der Waals surface area contributed by atoms with Gasteiger partial charge in [-0.25, -0.2) is 4.98 Å². The van der Waals surface area contributed by atoms with Gasteiger partial charge < -0.3 is 5.32 Å². The molecule has 1 fully saturated rings. The van der Waals surface area contributed by atoms with Crippen LogP contribution in [0.15, 0.2) is 18.2 Å². The lowest BCUT2D eigenvalue weighted by Crippen LogP contribution is -2.44. The molecule has 3 heterocycles. The zero-order valence-electron chi connectivity index (χ0n) is 15.2. The summed E-state index contributed by atoms with van der Waals surface area (Å²) < 4.78 is 27.3. The number of aromatic nitrogens is 3. The van der Waals surface area contributed by atoms with E-state index in [4.69, 9.17) is 4.98 Å². The number of hydrogen-bond acceptors (Lipinski definition) is 7. The summed E-state index contributed by atoms with van der Waals surface area (Å²) in [7, 11) is -0.205. The van der Waals surface area contributed by atoms with Crippen molar-refractivity contribution in [3.05, 3.63) is 28.9 Å². The van der Waals surface area contributed by atoms with E-state index in [2.05, 4.69) is 15.5 Å². The molecule has 0 aromatic carbocycles. The number of piperidine rings is 1. The molecule has 8 nitrogen and oxygen atoms in total. The number of rotatable bonds is 6. The van der Waals surface area contributed by atoms with Crippen LogP contribution in [0, 0.1) is 0 Å². The van der Waals surface area contributed by atoms with Crippen molar-refractivity contribution >= 4 is 32.5 Å². The van der Waals surface area contributed by atoms with E-state index in [1.54, 1.807) is 18.4 Å². The molecule has 0 bridgehead atoms. The van der Waals surface area contributed by atoms with E-state index in [1.807, 2.05) is 25.1 Å².